The lowest BCUT2D eigenvalue weighted by Gasteiger charge is -2.27. The van der Waals surface area contributed by atoms with Crippen molar-refractivity contribution in [1.82, 2.24) is 0 Å². The van der Waals surface area contributed by atoms with Crippen LogP contribution >= 0.6 is 0 Å². The zero-order valence-electron chi connectivity index (χ0n) is 12.8. The summed E-state index contributed by atoms with van der Waals surface area (Å²) >= 11 is 0. The summed E-state index contributed by atoms with van der Waals surface area (Å²) in [7, 11) is 0. The Bertz CT molecular complexity index is 558. The summed E-state index contributed by atoms with van der Waals surface area (Å²) in [5.74, 6) is 0.113. The van der Waals surface area contributed by atoms with Crippen molar-refractivity contribution in [3.63, 3.8) is 0 Å². The third kappa shape index (κ3) is 3.28. The van der Waals surface area contributed by atoms with E-state index in [0.717, 1.165) is 0 Å². The molecule has 0 fully saturated rings. The Balaban J connectivity index is 2.50. The van der Waals surface area contributed by atoms with Crippen LogP contribution in [-0.4, -0.2) is 24.3 Å². The highest BCUT2D eigenvalue weighted by Gasteiger charge is 2.32. The van der Waals surface area contributed by atoms with E-state index in [1.165, 1.54) is 13.8 Å². The average Bonchev–Trinajstić information content (AvgIpc) is 2.37. The fraction of sp³-hybridized carbons (Fsp3) is 0.562. The van der Waals surface area contributed by atoms with E-state index in [0.29, 0.717) is 35.8 Å². The summed E-state index contributed by atoms with van der Waals surface area (Å²) in [5.41, 5.74) is -1.37. The molecule has 1 heterocycles. The van der Waals surface area contributed by atoms with E-state index >= 15 is 0 Å². The van der Waals surface area contributed by atoms with Gasteiger partial charge >= 0.3 is 5.97 Å². The smallest absolute Gasteiger partial charge is 0.309 e. The minimum absolute atomic E-state index is 0.248. The van der Waals surface area contributed by atoms with Gasteiger partial charge in [0, 0.05) is 0 Å². The van der Waals surface area contributed by atoms with Crippen molar-refractivity contribution in [1.29, 1.82) is 0 Å². The first-order valence-electron chi connectivity index (χ1n) is 6.96. The zero-order valence-corrected chi connectivity index (χ0v) is 12.8. The summed E-state index contributed by atoms with van der Waals surface area (Å²) < 4.78 is 25.4. The molecule has 1 aliphatic heterocycles. The molecule has 0 amide bonds. The largest absolute Gasteiger partial charge is 0.486 e. The maximum atomic E-state index is 14.2. The number of benzene rings is 1. The van der Waals surface area contributed by atoms with Gasteiger partial charge in [-0.25, -0.2) is 4.39 Å². The van der Waals surface area contributed by atoms with Crippen LogP contribution in [0.5, 0.6) is 11.5 Å². The number of hydrogen-bond acceptors (Lipinski definition) is 3. The highest BCUT2D eigenvalue weighted by atomic mass is 19.1. The van der Waals surface area contributed by atoms with Crippen LogP contribution in [-0.2, 0) is 16.9 Å². The number of hydrogen-bond donors (Lipinski definition) is 1. The van der Waals surface area contributed by atoms with E-state index in [1.54, 1.807) is 26.0 Å². The predicted molar refractivity (Wildman–Crippen MR) is 76.7 cm³/mol. The molecule has 1 N–H and O–H groups in total. The molecule has 0 radical (unpaired) electrons. The fourth-order valence-electron chi connectivity index (χ4n) is 2.25. The number of alkyl halides is 1. The maximum Gasteiger partial charge on any atom is 0.309 e. The number of ether oxygens (including phenoxy) is 2. The van der Waals surface area contributed by atoms with Crippen LogP contribution in [0, 0.1) is 5.41 Å². The van der Waals surface area contributed by atoms with Crippen LogP contribution in [0.3, 0.4) is 0 Å². The monoisotopic (exact) mass is 296 g/mol. The molecule has 0 saturated carbocycles. The summed E-state index contributed by atoms with van der Waals surface area (Å²) in [6.07, 6.45) is 0.248. The molecule has 2 rings (SSSR count). The van der Waals surface area contributed by atoms with Gasteiger partial charge in [0.25, 0.3) is 0 Å². The van der Waals surface area contributed by atoms with E-state index in [4.69, 9.17) is 9.47 Å². The van der Waals surface area contributed by atoms with Gasteiger partial charge in [-0.2, -0.15) is 0 Å². The van der Waals surface area contributed by atoms with Gasteiger partial charge in [0.05, 0.1) is 5.41 Å². The molecule has 0 spiro atoms. The van der Waals surface area contributed by atoms with Crippen molar-refractivity contribution >= 4 is 5.97 Å². The molecule has 0 atom stereocenters. The Morgan fingerprint density at radius 2 is 1.86 bits per heavy atom. The fourth-order valence-corrected chi connectivity index (χ4v) is 2.25. The molecule has 5 heteroatoms. The van der Waals surface area contributed by atoms with Crippen LogP contribution in [0.1, 0.15) is 38.8 Å². The molecule has 0 unspecified atom stereocenters. The van der Waals surface area contributed by atoms with E-state index in [-0.39, 0.29) is 6.42 Å². The quantitative estimate of drug-likeness (QED) is 0.926. The molecule has 0 saturated heterocycles. The first kappa shape index (κ1) is 15.6. The Kier molecular flexibility index (Phi) is 3.87. The highest BCUT2D eigenvalue weighted by molar-refractivity contribution is 5.74. The van der Waals surface area contributed by atoms with E-state index in [2.05, 4.69) is 0 Å². The maximum absolute atomic E-state index is 14.2. The van der Waals surface area contributed by atoms with Crippen LogP contribution in [0.4, 0.5) is 4.39 Å². The van der Waals surface area contributed by atoms with Gasteiger partial charge in [0.1, 0.15) is 18.9 Å². The van der Waals surface area contributed by atoms with Crippen molar-refractivity contribution in [3.8, 4) is 11.5 Å². The van der Waals surface area contributed by atoms with Gasteiger partial charge in [0.15, 0.2) is 11.5 Å². The van der Waals surface area contributed by atoms with Gasteiger partial charge < -0.3 is 14.6 Å². The molecule has 1 aromatic carbocycles. The van der Waals surface area contributed by atoms with Gasteiger partial charge in [-0.3, -0.25) is 4.79 Å². The summed E-state index contributed by atoms with van der Waals surface area (Å²) in [6, 6.07) is 3.31. The first-order chi connectivity index (χ1) is 9.61. The van der Waals surface area contributed by atoms with Crippen molar-refractivity contribution in [2.45, 2.75) is 39.8 Å². The second-order valence-corrected chi connectivity index (χ2v) is 6.50. The third-order valence-electron chi connectivity index (χ3n) is 3.62. The molecule has 1 aromatic rings. The molecular weight excluding hydrogens is 275 g/mol. The molecule has 1 aliphatic rings. The zero-order chi connectivity index (χ0) is 15.8. The first-order valence-corrected chi connectivity index (χ1v) is 6.96. The Labute approximate surface area is 123 Å². The number of carboxylic acids is 1. The molecule has 116 valence electrons. The van der Waals surface area contributed by atoms with Gasteiger partial charge in [0.2, 0.25) is 0 Å². The Morgan fingerprint density at radius 3 is 2.43 bits per heavy atom. The minimum Gasteiger partial charge on any atom is -0.486 e. The third-order valence-corrected chi connectivity index (χ3v) is 3.62. The van der Waals surface area contributed by atoms with Gasteiger partial charge in [-0.1, -0.05) is 0 Å². The number of carbonyl (C=O) groups is 1. The van der Waals surface area contributed by atoms with Crippen LogP contribution in [0.25, 0.3) is 0 Å². The second kappa shape index (κ2) is 5.20. The summed E-state index contributed by atoms with van der Waals surface area (Å²) in [6.45, 7) is 7.02. The molecular formula is C16H21FO4. The number of carboxylic acid groups (broad SMARTS) is 1. The number of aliphatic carboxylic acids is 1. The topological polar surface area (TPSA) is 55.8 Å². The second-order valence-electron chi connectivity index (χ2n) is 6.50. The normalized spacial score (nSPS) is 14.9. The van der Waals surface area contributed by atoms with Crippen molar-refractivity contribution in [2.24, 2.45) is 5.41 Å². The standard InChI is InChI=1S/C16H21FO4/c1-15(2,14(18)19)9-10-7-11(16(3,4)17)8-12-13(10)21-6-5-20-12/h7-8H,5-6,9H2,1-4H3,(H,18,19). The van der Waals surface area contributed by atoms with Crippen molar-refractivity contribution < 1.29 is 23.8 Å². The molecule has 0 bridgehead atoms. The molecule has 0 aliphatic carbocycles. The highest BCUT2D eigenvalue weighted by Crippen LogP contribution is 2.41. The minimum atomic E-state index is -1.53. The molecule has 21 heavy (non-hydrogen) atoms. The number of halogens is 1. The van der Waals surface area contributed by atoms with Crippen LogP contribution in [0.2, 0.25) is 0 Å². The average molecular weight is 296 g/mol. The predicted octanol–water partition coefficient (Wildman–Crippen LogP) is 3.32. The molecule has 0 aromatic heterocycles. The van der Waals surface area contributed by atoms with Crippen molar-refractivity contribution in [3.05, 3.63) is 23.3 Å². The van der Waals surface area contributed by atoms with Gasteiger partial charge in [-0.05, 0) is 57.4 Å². The SMILES string of the molecule is CC(C)(Cc1cc(C(C)(C)F)cc2c1OCCO2)C(=O)O. The van der Waals surface area contributed by atoms with Crippen LogP contribution in [0.15, 0.2) is 12.1 Å². The Hall–Kier alpha value is -1.78. The number of fused-ring (bicyclic) bond motifs is 1. The van der Waals surface area contributed by atoms with Crippen LogP contribution < -0.4 is 9.47 Å². The van der Waals surface area contributed by atoms with E-state index in [1.807, 2.05) is 0 Å². The lowest BCUT2D eigenvalue weighted by molar-refractivity contribution is -0.146. The molecule has 4 nitrogen and oxygen atoms in total. The van der Waals surface area contributed by atoms with Gasteiger partial charge in [-0.15, -0.1) is 0 Å². The van der Waals surface area contributed by atoms with Crippen molar-refractivity contribution in [2.75, 3.05) is 13.2 Å². The van der Waals surface area contributed by atoms with E-state index in [9.17, 15) is 14.3 Å². The summed E-state index contributed by atoms with van der Waals surface area (Å²) in [4.78, 5) is 11.3. The number of rotatable bonds is 4. The Morgan fingerprint density at radius 1 is 1.24 bits per heavy atom. The van der Waals surface area contributed by atoms with E-state index < -0.39 is 17.1 Å². The lowest BCUT2D eigenvalue weighted by atomic mass is 9.84. The summed E-state index contributed by atoms with van der Waals surface area (Å²) in [5, 5.41) is 9.29. The lowest BCUT2D eigenvalue weighted by Crippen LogP contribution is -2.27.